The fourth-order valence-corrected chi connectivity index (χ4v) is 1.25. The van der Waals surface area contributed by atoms with Gasteiger partial charge in [-0.3, -0.25) is 5.43 Å². The van der Waals surface area contributed by atoms with E-state index in [0.717, 1.165) is 0 Å². The Morgan fingerprint density at radius 3 is 2.82 bits per heavy atom. The van der Waals surface area contributed by atoms with E-state index in [9.17, 15) is 4.39 Å². The fourth-order valence-electron chi connectivity index (χ4n) is 1.12. The molecule has 0 unspecified atom stereocenters. The minimum absolute atomic E-state index is 0.0241. The number of nitrogens with one attached hydrogen (secondary N) is 1. The number of para-hydroxylation sites is 1. The van der Waals surface area contributed by atoms with Crippen molar-refractivity contribution in [3.05, 3.63) is 41.3 Å². The number of halogens is 2. The lowest BCUT2D eigenvalue weighted by Gasteiger charge is -2.07. The van der Waals surface area contributed by atoms with Gasteiger partial charge in [-0.2, -0.15) is 4.98 Å². The van der Waals surface area contributed by atoms with Gasteiger partial charge in [0.05, 0.1) is 6.20 Å². The molecule has 0 aliphatic rings. The van der Waals surface area contributed by atoms with Crippen molar-refractivity contribution in [1.29, 1.82) is 0 Å². The van der Waals surface area contributed by atoms with Gasteiger partial charge in [0, 0.05) is 0 Å². The van der Waals surface area contributed by atoms with E-state index in [1.165, 1.54) is 18.3 Å². The summed E-state index contributed by atoms with van der Waals surface area (Å²) >= 11 is 5.81. The lowest BCUT2D eigenvalue weighted by atomic mass is 10.3. The highest BCUT2D eigenvalue weighted by molar-refractivity contribution is 6.31. The molecular formula is C10H8ClFN4O. The highest BCUT2D eigenvalue weighted by Gasteiger charge is 2.10. The Morgan fingerprint density at radius 1 is 1.35 bits per heavy atom. The summed E-state index contributed by atoms with van der Waals surface area (Å²) in [5, 5.41) is 0.159. The van der Waals surface area contributed by atoms with Crippen LogP contribution in [0.1, 0.15) is 0 Å². The van der Waals surface area contributed by atoms with Crippen molar-refractivity contribution in [1.82, 2.24) is 9.97 Å². The van der Waals surface area contributed by atoms with Crippen molar-refractivity contribution in [2.75, 3.05) is 5.43 Å². The number of rotatable bonds is 3. The van der Waals surface area contributed by atoms with Crippen LogP contribution in [0.3, 0.4) is 0 Å². The Morgan fingerprint density at radius 2 is 2.12 bits per heavy atom. The summed E-state index contributed by atoms with van der Waals surface area (Å²) < 4.78 is 18.6. The smallest absolute Gasteiger partial charge is 0.243 e. The molecule has 0 spiro atoms. The summed E-state index contributed by atoms with van der Waals surface area (Å²) in [5.74, 6) is 4.81. The maximum atomic E-state index is 13.3. The van der Waals surface area contributed by atoms with E-state index in [1.807, 2.05) is 0 Å². The molecule has 0 saturated carbocycles. The molecule has 0 amide bonds. The van der Waals surface area contributed by atoms with Gasteiger partial charge in [0.25, 0.3) is 0 Å². The van der Waals surface area contributed by atoms with Crippen molar-refractivity contribution in [2.45, 2.75) is 0 Å². The van der Waals surface area contributed by atoms with E-state index >= 15 is 0 Å². The van der Waals surface area contributed by atoms with E-state index in [2.05, 4.69) is 15.4 Å². The molecule has 2 aromatic rings. The number of aromatic nitrogens is 2. The van der Waals surface area contributed by atoms with Gasteiger partial charge in [0.15, 0.2) is 11.6 Å². The second-order valence-electron chi connectivity index (χ2n) is 3.02. The Labute approximate surface area is 101 Å². The standard InChI is InChI=1S/C10H8ClFN4O/c11-6-5-14-10(16-13)15-9(6)17-8-4-2-1-3-7(8)12/h1-5H,13H2,(H,14,15,16). The largest absolute Gasteiger partial charge is 0.434 e. The van der Waals surface area contributed by atoms with E-state index < -0.39 is 5.82 Å². The van der Waals surface area contributed by atoms with Gasteiger partial charge < -0.3 is 4.74 Å². The molecule has 5 nitrogen and oxygen atoms in total. The molecule has 17 heavy (non-hydrogen) atoms. The molecule has 0 bridgehead atoms. The van der Waals surface area contributed by atoms with Crippen LogP contribution in [0.25, 0.3) is 0 Å². The number of nitrogens with zero attached hydrogens (tertiary/aromatic N) is 2. The summed E-state index contributed by atoms with van der Waals surface area (Å²) in [4.78, 5) is 7.63. The maximum Gasteiger partial charge on any atom is 0.243 e. The third kappa shape index (κ3) is 2.61. The first-order chi connectivity index (χ1) is 8.20. The first kappa shape index (κ1) is 11.6. The summed E-state index contributed by atoms with van der Waals surface area (Å²) in [5.41, 5.74) is 2.24. The van der Waals surface area contributed by atoms with E-state index in [-0.39, 0.29) is 22.6 Å². The highest BCUT2D eigenvalue weighted by atomic mass is 35.5. The molecular weight excluding hydrogens is 247 g/mol. The number of ether oxygens (including phenoxy) is 1. The second-order valence-corrected chi connectivity index (χ2v) is 3.43. The average Bonchev–Trinajstić information content (AvgIpc) is 2.35. The van der Waals surface area contributed by atoms with Crippen molar-refractivity contribution in [3.63, 3.8) is 0 Å². The molecule has 7 heteroatoms. The highest BCUT2D eigenvalue weighted by Crippen LogP contribution is 2.28. The molecule has 0 aliphatic carbocycles. The molecule has 1 aromatic carbocycles. The lowest BCUT2D eigenvalue weighted by Crippen LogP contribution is -2.10. The predicted octanol–water partition coefficient (Wildman–Crippen LogP) is 2.35. The van der Waals surface area contributed by atoms with Crippen LogP contribution in [0.15, 0.2) is 30.5 Å². The van der Waals surface area contributed by atoms with Gasteiger partial charge >= 0.3 is 0 Å². The first-order valence-corrected chi connectivity index (χ1v) is 5.00. The van der Waals surface area contributed by atoms with Gasteiger partial charge in [-0.1, -0.05) is 23.7 Å². The Kier molecular flexibility index (Phi) is 3.36. The topological polar surface area (TPSA) is 73.1 Å². The van der Waals surface area contributed by atoms with E-state index in [4.69, 9.17) is 22.2 Å². The van der Waals surface area contributed by atoms with Crippen molar-refractivity contribution >= 4 is 17.5 Å². The minimum atomic E-state index is -0.510. The molecule has 3 N–H and O–H groups in total. The van der Waals surface area contributed by atoms with Crippen molar-refractivity contribution in [3.8, 4) is 11.6 Å². The van der Waals surface area contributed by atoms with Crippen LogP contribution in [-0.4, -0.2) is 9.97 Å². The molecule has 0 fully saturated rings. The molecule has 0 atom stereocenters. The van der Waals surface area contributed by atoms with Crippen molar-refractivity contribution in [2.24, 2.45) is 5.84 Å². The summed E-state index contributed by atoms with van der Waals surface area (Å²) in [6, 6.07) is 5.92. The number of nitrogen functional groups attached to an aromatic ring is 1. The Hall–Kier alpha value is -1.92. The molecule has 88 valence electrons. The summed E-state index contributed by atoms with van der Waals surface area (Å²) in [7, 11) is 0. The SMILES string of the molecule is NNc1ncc(Cl)c(Oc2ccccc2F)n1. The lowest BCUT2D eigenvalue weighted by molar-refractivity contribution is 0.427. The average molecular weight is 255 g/mol. The van der Waals surface area contributed by atoms with Gasteiger partial charge in [-0.25, -0.2) is 15.2 Å². The van der Waals surface area contributed by atoms with Crippen LogP contribution in [0.4, 0.5) is 10.3 Å². The zero-order valence-corrected chi connectivity index (χ0v) is 9.28. The number of hydrogen-bond donors (Lipinski definition) is 2. The van der Waals surface area contributed by atoms with E-state index in [1.54, 1.807) is 12.1 Å². The van der Waals surface area contributed by atoms with Crippen LogP contribution >= 0.6 is 11.6 Å². The molecule has 0 radical (unpaired) electrons. The number of hydrazine groups is 1. The fraction of sp³-hybridized carbons (Fsp3) is 0. The zero-order chi connectivity index (χ0) is 12.3. The number of nitrogens with two attached hydrogens (primary N) is 1. The van der Waals surface area contributed by atoms with Crippen LogP contribution in [0.2, 0.25) is 5.02 Å². The first-order valence-electron chi connectivity index (χ1n) is 4.62. The summed E-state index contributed by atoms with van der Waals surface area (Å²) in [6.07, 6.45) is 1.31. The number of anilines is 1. The minimum Gasteiger partial charge on any atom is -0.434 e. The second kappa shape index (κ2) is 4.94. The molecule has 2 rings (SSSR count). The van der Waals surface area contributed by atoms with Crippen LogP contribution in [0.5, 0.6) is 11.6 Å². The van der Waals surface area contributed by atoms with Gasteiger partial charge in [-0.05, 0) is 12.1 Å². The molecule has 0 aliphatic heterocycles. The van der Waals surface area contributed by atoms with Crippen LogP contribution in [-0.2, 0) is 0 Å². The van der Waals surface area contributed by atoms with Crippen LogP contribution < -0.4 is 16.0 Å². The maximum absolute atomic E-state index is 13.3. The van der Waals surface area contributed by atoms with Gasteiger partial charge in [0.1, 0.15) is 5.02 Å². The van der Waals surface area contributed by atoms with Crippen molar-refractivity contribution < 1.29 is 9.13 Å². The van der Waals surface area contributed by atoms with E-state index in [0.29, 0.717) is 0 Å². The Bertz CT molecular complexity index is 537. The summed E-state index contributed by atoms with van der Waals surface area (Å²) in [6.45, 7) is 0. The van der Waals surface area contributed by atoms with Gasteiger partial charge in [-0.15, -0.1) is 0 Å². The van der Waals surface area contributed by atoms with Gasteiger partial charge in [0.2, 0.25) is 11.8 Å². The Balaban J connectivity index is 2.32. The number of benzene rings is 1. The number of hydrogen-bond acceptors (Lipinski definition) is 5. The molecule has 1 aromatic heterocycles. The monoisotopic (exact) mass is 254 g/mol. The zero-order valence-electron chi connectivity index (χ0n) is 8.52. The third-order valence-corrected chi connectivity index (χ3v) is 2.14. The molecule has 0 saturated heterocycles. The third-order valence-electron chi connectivity index (χ3n) is 1.88. The quantitative estimate of drug-likeness (QED) is 0.650. The van der Waals surface area contributed by atoms with Crippen LogP contribution in [0, 0.1) is 5.82 Å². The normalized spacial score (nSPS) is 10.1. The molecule has 1 heterocycles. The predicted molar refractivity (Wildman–Crippen MR) is 61.3 cm³/mol.